The lowest BCUT2D eigenvalue weighted by Crippen LogP contribution is -2.02. The Morgan fingerprint density at radius 3 is 2.87 bits per heavy atom. The lowest BCUT2D eigenvalue weighted by atomic mass is 10.1. The largest absolute Gasteiger partial charge is 0.508 e. The monoisotopic (exact) mass is 208 g/mol. The molecule has 3 N–H and O–H groups in total. The zero-order valence-corrected chi connectivity index (χ0v) is 8.09. The van der Waals surface area contributed by atoms with Crippen molar-refractivity contribution in [2.75, 3.05) is 6.54 Å². The first-order chi connectivity index (χ1) is 7.13. The van der Waals surface area contributed by atoms with Crippen molar-refractivity contribution in [2.45, 2.75) is 12.3 Å². The van der Waals surface area contributed by atoms with E-state index in [0.717, 1.165) is 6.42 Å². The van der Waals surface area contributed by atoms with Gasteiger partial charge in [-0.05, 0) is 30.9 Å². The summed E-state index contributed by atoms with van der Waals surface area (Å²) in [5, 5.41) is 20.1. The Bertz CT molecular complexity index is 406. The first kappa shape index (κ1) is 9.92. The van der Waals surface area contributed by atoms with Crippen LogP contribution in [0.5, 0.6) is 5.75 Å². The van der Waals surface area contributed by atoms with Crippen LogP contribution >= 0.6 is 0 Å². The summed E-state index contributed by atoms with van der Waals surface area (Å²) >= 11 is 0. The molecule has 0 aromatic heterocycles. The summed E-state index contributed by atoms with van der Waals surface area (Å²) in [5.74, 6) is 0.675. The van der Waals surface area contributed by atoms with Crippen LogP contribution in [0.25, 0.3) is 0 Å². The van der Waals surface area contributed by atoms with E-state index in [2.05, 4.69) is 0 Å². The number of hydrogen-bond acceptors (Lipinski definition) is 4. The van der Waals surface area contributed by atoms with Crippen molar-refractivity contribution in [2.24, 2.45) is 11.7 Å². The van der Waals surface area contributed by atoms with E-state index in [1.165, 1.54) is 18.2 Å². The van der Waals surface area contributed by atoms with E-state index >= 15 is 0 Å². The first-order valence-corrected chi connectivity index (χ1v) is 4.81. The molecule has 0 spiro atoms. The maximum absolute atomic E-state index is 10.6. The van der Waals surface area contributed by atoms with Crippen molar-refractivity contribution in [1.29, 1.82) is 0 Å². The summed E-state index contributed by atoms with van der Waals surface area (Å²) in [6, 6.07) is 4.12. The molecule has 15 heavy (non-hydrogen) atoms. The number of phenols is 1. The van der Waals surface area contributed by atoms with E-state index in [-0.39, 0.29) is 17.4 Å². The summed E-state index contributed by atoms with van der Waals surface area (Å²) in [7, 11) is 0. The minimum atomic E-state index is -0.456. The zero-order valence-electron chi connectivity index (χ0n) is 8.09. The summed E-state index contributed by atoms with van der Waals surface area (Å²) in [5.41, 5.74) is 6.17. The van der Waals surface area contributed by atoms with E-state index in [0.29, 0.717) is 18.0 Å². The van der Waals surface area contributed by atoms with E-state index < -0.39 is 4.92 Å². The van der Waals surface area contributed by atoms with Crippen LogP contribution in [-0.4, -0.2) is 16.6 Å². The van der Waals surface area contributed by atoms with Crippen molar-refractivity contribution in [3.8, 4) is 5.75 Å². The molecular formula is C10H12N2O3. The quantitative estimate of drug-likeness (QED) is 0.579. The number of nitro benzene ring substituents is 1. The predicted octanol–water partition coefficient (Wildman–Crippen LogP) is 1.36. The van der Waals surface area contributed by atoms with Gasteiger partial charge in [0.15, 0.2) is 0 Å². The van der Waals surface area contributed by atoms with Crippen LogP contribution < -0.4 is 5.73 Å². The van der Waals surface area contributed by atoms with Crippen LogP contribution in [0.2, 0.25) is 0 Å². The fourth-order valence-corrected chi connectivity index (χ4v) is 1.84. The second-order valence-electron chi connectivity index (χ2n) is 3.84. The molecule has 5 heteroatoms. The lowest BCUT2D eigenvalue weighted by molar-refractivity contribution is -0.384. The number of aromatic hydroxyl groups is 1. The van der Waals surface area contributed by atoms with Crippen LogP contribution in [0.3, 0.4) is 0 Å². The topological polar surface area (TPSA) is 89.4 Å². The van der Waals surface area contributed by atoms with E-state index in [1.807, 2.05) is 0 Å². The number of nitro groups is 1. The van der Waals surface area contributed by atoms with Gasteiger partial charge < -0.3 is 10.8 Å². The normalized spacial score (nSPS) is 23.8. The van der Waals surface area contributed by atoms with Crippen molar-refractivity contribution < 1.29 is 10.0 Å². The molecule has 0 heterocycles. The molecule has 1 aromatic rings. The number of phenolic OH excluding ortho intramolecular Hbond substituents is 1. The van der Waals surface area contributed by atoms with Gasteiger partial charge >= 0.3 is 0 Å². The third-order valence-electron chi connectivity index (χ3n) is 2.85. The molecule has 1 aliphatic carbocycles. The fourth-order valence-electron chi connectivity index (χ4n) is 1.84. The van der Waals surface area contributed by atoms with Gasteiger partial charge in [0.25, 0.3) is 5.69 Å². The van der Waals surface area contributed by atoms with Gasteiger partial charge in [-0.15, -0.1) is 0 Å². The molecule has 0 radical (unpaired) electrons. The highest BCUT2D eigenvalue weighted by Crippen LogP contribution is 2.50. The smallest absolute Gasteiger partial charge is 0.269 e. The minimum absolute atomic E-state index is 0.0190. The summed E-state index contributed by atoms with van der Waals surface area (Å²) in [6.45, 7) is 0.562. The van der Waals surface area contributed by atoms with Crippen molar-refractivity contribution in [1.82, 2.24) is 0 Å². The molecule has 1 saturated carbocycles. The second-order valence-corrected chi connectivity index (χ2v) is 3.84. The SMILES string of the molecule is NCC1CC1c1cc([N+](=O)[O-])ccc1O. The number of nitrogens with two attached hydrogens (primary N) is 1. The third-order valence-corrected chi connectivity index (χ3v) is 2.85. The molecule has 80 valence electrons. The van der Waals surface area contributed by atoms with E-state index in [4.69, 9.17) is 5.73 Å². The van der Waals surface area contributed by atoms with Gasteiger partial charge in [0, 0.05) is 17.7 Å². The average Bonchev–Trinajstić information content (AvgIpc) is 2.97. The predicted molar refractivity (Wildman–Crippen MR) is 54.7 cm³/mol. The zero-order chi connectivity index (χ0) is 11.0. The second kappa shape index (κ2) is 3.51. The average molecular weight is 208 g/mol. The summed E-state index contributed by atoms with van der Waals surface area (Å²) in [4.78, 5) is 10.1. The van der Waals surface area contributed by atoms with Crippen LogP contribution in [0.1, 0.15) is 17.9 Å². The Morgan fingerprint density at radius 2 is 2.33 bits per heavy atom. The summed E-state index contributed by atoms with van der Waals surface area (Å²) in [6.07, 6.45) is 0.908. The first-order valence-electron chi connectivity index (χ1n) is 4.81. The third kappa shape index (κ3) is 1.78. The van der Waals surface area contributed by atoms with E-state index in [9.17, 15) is 15.2 Å². The summed E-state index contributed by atoms with van der Waals surface area (Å²) < 4.78 is 0. The van der Waals surface area contributed by atoms with Crippen LogP contribution in [-0.2, 0) is 0 Å². The van der Waals surface area contributed by atoms with Gasteiger partial charge in [0.1, 0.15) is 5.75 Å². The van der Waals surface area contributed by atoms with Crippen molar-refractivity contribution >= 4 is 5.69 Å². The number of nitrogens with zero attached hydrogens (tertiary/aromatic N) is 1. The van der Waals surface area contributed by atoms with Crippen LogP contribution in [0.4, 0.5) is 5.69 Å². The molecule has 2 unspecified atom stereocenters. The lowest BCUT2D eigenvalue weighted by Gasteiger charge is -2.02. The maximum atomic E-state index is 10.6. The van der Waals surface area contributed by atoms with Crippen LogP contribution in [0.15, 0.2) is 18.2 Å². The molecular weight excluding hydrogens is 196 g/mol. The Morgan fingerprint density at radius 1 is 1.60 bits per heavy atom. The highest BCUT2D eigenvalue weighted by Gasteiger charge is 2.39. The molecule has 2 atom stereocenters. The number of rotatable bonds is 3. The minimum Gasteiger partial charge on any atom is -0.508 e. The number of hydrogen-bond donors (Lipinski definition) is 2. The fraction of sp³-hybridized carbons (Fsp3) is 0.400. The van der Waals surface area contributed by atoms with Gasteiger partial charge in [-0.2, -0.15) is 0 Å². The Balaban J connectivity index is 2.30. The molecule has 0 amide bonds. The van der Waals surface area contributed by atoms with Gasteiger partial charge in [0.05, 0.1) is 4.92 Å². The van der Waals surface area contributed by atoms with Crippen molar-refractivity contribution in [3.63, 3.8) is 0 Å². The van der Waals surface area contributed by atoms with Crippen LogP contribution in [0, 0.1) is 16.0 Å². The molecule has 1 aliphatic rings. The standard InChI is InChI=1S/C10H12N2O3/c11-5-6-3-8(6)9-4-7(12(14)15)1-2-10(9)13/h1-2,4,6,8,13H,3,5,11H2. The Labute approximate surface area is 86.7 Å². The molecule has 2 rings (SSSR count). The molecule has 5 nitrogen and oxygen atoms in total. The van der Waals surface area contributed by atoms with Crippen molar-refractivity contribution in [3.05, 3.63) is 33.9 Å². The Kier molecular flexibility index (Phi) is 2.32. The highest BCUT2D eigenvalue weighted by molar-refractivity contribution is 5.46. The van der Waals surface area contributed by atoms with Gasteiger partial charge in [-0.3, -0.25) is 10.1 Å². The Hall–Kier alpha value is -1.62. The number of non-ortho nitro benzene ring substituents is 1. The van der Waals surface area contributed by atoms with E-state index in [1.54, 1.807) is 0 Å². The van der Waals surface area contributed by atoms with Gasteiger partial charge in [-0.1, -0.05) is 0 Å². The van der Waals surface area contributed by atoms with Gasteiger partial charge in [-0.25, -0.2) is 0 Å². The number of benzene rings is 1. The molecule has 1 aromatic carbocycles. The maximum Gasteiger partial charge on any atom is 0.269 e. The molecule has 1 fully saturated rings. The molecule has 0 saturated heterocycles. The molecule has 0 bridgehead atoms. The molecule has 0 aliphatic heterocycles. The highest BCUT2D eigenvalue weighted by atomic mass is 16.6. The van der Waals surface area contributed by atoms with Gasteiger partial charge in [0.2, 0.25) is 0 Å².